The van der Waals surface area contributed by atoms with Crippen molar-refractivity contribution >= 4 is 5.91 Å². The first kappa shape index (κ1) is 16.3. The molecule has 1 amide bonds. The second-order valence-corrected chi connectivity index (χ2v) is 7.41. The van der Waals surface area contributed by atoms with Gasteiger partial charge in [0, 0.05) is 30.6 Å². The SMILES string of the molecule is CN1CC[C@H](NC(=O)c2cc(C3CC3)on2)C[C@@H]1Cc1ccccc1. The highest BCUT2D eigenvalue weighted by atomic mass is 16.5. The Labute approximate surface area is 148 Å². The van der Waals surface area contributed by atoms with E-state index in [1.54, 1.807) is 0 Å². The van der Waals surface area contributed by atoms with Crippen LogP contribution in [0.15, 0.2) is 40.9 Å². The van der Waals surface area contributed by atoms with Gasteiger partial charge >= 0.3 is 0 Å². The lowest BCUT2D eigenvalue weighted by atomic mass is 9.92. The smallest absolute Gasteiger partial charge is 0.273 e. The number of nitrogens with zero attached hydrogens (tertiary/aromatic N) is 2. The van der Waals surface area contributed by atoms with Crippen LogP contribution in [0.5, 0.6) is 0 Å². The van der Waals surface area contributed by atoms with Gasteiger partial charge in [0.05, 0.1) is 0 Å². The van der Waals surface area contributed by atoms with Gasteiger partial charge in [-0.05, 0) is 44.7 Å². The van der Waals surface area contributed by atoms with Gasteiger partial charge in [-0.3, -0.25) is 4.79 Å². The van der Waals surface area contributed by atoms with Gasteiger partial charge in [0.25, 0.3) is 5.91 Å². The van der Waals surface area contributed by atoms with Gasteiger partial charge in [0.15, 0.2) is 5.69 Å². The van der Waals surface area contributed by atoms with Gasteiger partial charge in [-0.1, -0.05) is 35.5 Å². The number of piperidine rings is 1. The standard InChI is InChI=1S/C20H25N3O2/c1-23-10-9-16(12-17(23)11-14-5-3-2-4-6-14)21-20(24)18-13-19(25-22-18)15-7-8-15/h2-6,13,15-17H,7-12H2,1H3,(H,21,24)/t16-,17-/m0/s1. The summed E-state index contributed by atoms with van der Waals surface area (Å²) in [6, 6.07) is 13.0. The monoisotopic (exact) mass is 339 g/mol. The fourth-order valence-electron chi connectivity index (χ4n) is 3.64. The largest absolute Gasteiger partial charge is 0.360 e. The molecule has 5 nitrogen and oxygen atoms in total. The summed E-state index contributed by atoms with van der Waals surface area (Å²) in [7, 11) is 2.17. The molecule has 0 unspecified atom stereocenters. The van der Waals surface area contributed by atoms with Crippen molar-refractivity contribution in [3.05, 3.63) is 53.4 Å². The number of hydrogen-bond donors (Lipinski definition) is 1. The van der Waals surface area contributed by atoms with E-state index < -0.39 is 0 Å². The van der Waals surface area contributed by atoms with Crippen molar-refractivity contribution in [3.8, 4) is 0 Å². The minimum absolute atomic E-state index is 0.108. The molecule has 0 bridgehead atoms. The molecule has 1 N–H and O–H groups in total. The van der Waals surface area contributed by atoms with Crippen molar-refractivity contribution in [1.29, 1.82) is 0 Å². The molecule has 25 heavy (non-hydrogen) atoms. The average molecular weight is 339 g/mol. The molecule has 1 aromatic heterocycles. The molecule has 2 fully saturated rings. The minimum atomic E-state index is -0.108. The van der Waals surface area contributed by atoms with Crippen molar-refractivity contribution < 1.29 is 9.32 Å². The van der Waals surface area contributed by atoms with Gasteiger partial charge in [-0.25, -0.2) is 0 Å². The molecule has 5 heteroatoms. The molecule has 2 atom stereocenters. The van der Waals surface area contributed by atoms with E-state index in [9.17, 15) is 4.79 Å². The molecule has 4 rings (SSSR count). The highest BCUT2D eigenvalue weighted by molar-refractivity contribution is 5.92. The maximum atomic E-state index is 12.5. The van der Waals surface area contributed by atoms with Gasteiger partial charge < -0.3 is 14.7 Å². The number of carbonyl (C=O) groups is 1. The number of hydrogen-bond acceptors (Lipinski definition) is 4. The zero-order valence-electron chi connectivity index (χ0n) is 14.6. The third-order valence-electron chi connectivity index (χ3n) is 5.40. The second-order valence-electron chi connectivity index (χ2n) is 7.41. The first-order valence-corrected chi connectivity index (χ1v) is 9.20. The fraction of sp³-hybridized carbons (Fsp3) is 0.500. The van der Waals surface area contributed by atoms with Crippen LogP contribution < -0.4 is 5.32 Å². The zero-order valence-corrected chi connectivity index (χ0v) is 14.6. The number of likely N-dealkylation sites (N-methyl/N-ethyl adjacent to an activating group) is 1. The predicted molar refractivity (Wildman–Crippen MR) is 95.5 cm³/mol. The fourth-order valence-corrected chi connectivity index (χ4v) is 3.64. The molecular weight excluding hydrogens is 314 g/mol. The summed E-state index contributed by atoms with van der Waals surface area (Å²) in [4.78, 5) is 14.9. The topological polar surface area (TPSA) is 58.4 Å². The molecule has 1 aromatic carbocycles. The Bertz CT molecular complexity index is 724. The summed E-state index contributed by atoms with van der Waals surface area (Å²) < 4.78 is 5.30. The quantitative estimate of drug-likeness (QED) is 0.910. The van der Waals surface area contributed by atoms with Crippen LogP contribution >= 0.6 is 0 Å². The molecule has 1 aliphatic heterocycles. The normalized spacial score (nSPS) is 24.2. The molecule has 0 radical (unpaired) electrons. The minimum Gasteiger partial charge on any atom is -0.360 e. The van der Waals surface area contributed by atoms with Gasteiger partial charge in [0.1, 0.15) is 5.76 Å². The van der Waals surface area contributed by atoms with Gasteiger partial charge in [-0.2, -0.15) is 0 Å². The third kappa shape index (κ3) is 3.93. The van der Waals surface area contributed by atoms with E-state index >= 15 is 0 Å². The highest BCUT2D eigenvalue weighted by Gasteiger charge is 2.30. The van der Waals surface area contributed by atoms with Crippen molar-refractivity contribution in [2.24, 2.45) is 0 Å². The Hall–Kier alpha value is -2.14. The molecule has 2 heterocycles. The van der Waals surface area contributed by atoms with E-state index in [-0.39, 0.29) is 11.9 Å². The van der Waals surface area contributed by atoms with E-state index in [2.05, 4.69) is 46.7 Å². The summed E-state index contributed by atoms with van der Waals surface area (Å²) >= 11 is 0. The molecule has 0 spiro atoms. The van der Waals surface area contributed by atoms with Crippen molar-refractivity contribution in [2.45, 2.75) is 50.1 Å². The zero-order chi connectivity index (χ0) is 17.2. The molecule has 1 saturated heterocycles. The highest BCUT2D eigenvalue weighted by Crippen LogP contribution is 2.40. The lowest BCUT2D eigenvalue weighted by Gasteiger charge is -2.37. The van der Waals surface area contributed by atoms with Crippen LogP contribution in [0.3, 0.4) is 0 Å². The van der Waals surface area contributed by atoms with E-state index in [0.29, 0.717) is 17.7 Å². The molecule has 2 aromatic rings. The van der Waals surface area contributed by atoms with Crippen molar-refractivity contribution in [3.63, 3.8) is 0 Å². The van der Waals surface area contributed by atoms with Gasteiger partial charge in [0.2, 0.25) is 0 Å². The first-order chi connectivity index (χ1) is 12.2. The number of carbonyl (C=O) groups excluding carboxylic acids is 1. The van der Waals surface area contributed by atoms with E-state index in [0.717, 1.165) is 44.4 Å². The van der Waals surface area contributed by atoms with E-state index in [4.69, 9.17) is 4.52 Å². The summed E-state index contributed by atoms with van der Waals surface area (Å²) in [6.45, 7) is 0.995. The van der Waals surface area contributed by atoms with E-state index in [1.807, 2.05) is 12.1 Å². The Morgan fingerprint density at radius 2 is 2.08 bits per heavy atom. The van der Waals surface area contributed by atoms with Gasteiger partial charge in [-0.15, -0.1) is 0 Å². The number of likely N-dealkylation sites (tertiary alicyclic amines) is 1. The Kier molecular flexibility index (Phi) is 4.57. The van der Waals surface area contributed by atoms with Crippen LogP contribution in [-0.4, -0.2) is 41.6 Å². The molecule has 132 valence electrons. The maximum Gasteiger partial charge on any atom is 0.273 e. The Balaban J connectivity index is 1.36. The van der Waals surface area contributed by atoms with Crippen LogP contribution in [0.4, 0.5) is 0 Å². The lowest BCUT2D eigenvalue weighted by molar-refractivity contribution is 0.0880. The predicted octanol–water partition coefficient (Wildman–Crippen LogP) is 2.99. The maximum absolute atomic E-state index is 12.5. The molecule has 1 saturated carbocycles. The average Bonchev–Trinajstić information content (AvgIpc) is 3.35. The summed E-state index contributed by atoms with van der Waals surface area (Å²) in [5, 5.41) is 7.10. The molecular formula is C20H25N3O2. The lowest BCUT2D eigenvalue weighted by Crippen LogP contribution is -2.49. The van der Waals surface area contributed by atoms with Crippen LogP contribution in [-0.2, 0) is 6.42 Å². The van der Waals surface area contributed by atoms with Crippen LogP contribution in [0, 0.1) is 0 Å². The Morgan fingerprint density at radius 1 is 1.28 bits per heavy atom. The molecule has 1 aliphatic carbocycles. The number of amides is 1. The molecule has 2 aliphatic rings. The number of benzene rings is 1. The third-order valence-corrected chi connectivity index (χ3v) is 5.40. The van der Waals surface area contributed by atoms with Crippen molar-refractivity contribution in [2.75, 3.05) is 13.6 Å². The van der Waals surface area contributed by atoms with Crippen LogP contribution in [0.2, 0.25) is 0 Å². The summed E-state index contributed by atoms with van der Waals surface area (Å²) in [5.74, 6) is 1.23. The Morgan fingerprint density at radius 3 is 2.84 bits per heavy atom. The number of rotatable bonds is 5. The first-order valence-electron chi connectivity index (χ1n) is 9.20. The van der Waals surface area contributed by atoms with E-state index in [1.165, 1.54) is 5.56 Å². The van der Waals surface area contributed by atoms with Crippen LogP contribution in [0.1, 0.15) is 53.4 Å². The number of aromatic nitrogens is 1. The summed E-state index contributed by atoms with van der Waals surface area (Å²) in [5.41, 5.74) is 1.76. The second kappa shape index (κ2) is 7.00. The van der Waals surface area contributed by atoms with Crippen LogP contribution in [0.25, 0.3) is 0 Å². The number of nitrogens with one attached hydrogen (secondary N) is 1. The van der Waals surface area contributed by atoms with Crippen molar-refractivity contribution in [1.82, 2.24) is 15.4 Å². The summed E-state index contributed by atoms with van der Waals surface area (Å²) in [6.07, 6.45) is 5.24.